The molecule has 1 atom stereocenters. The standard InChI is InChI=1S/C12H22N2O5/c1-19-10(11(16)17)8-13-12(18)14(6-7-15)9-4-2-3-5-9/h9-10,15H,2-8H2,1H3,(H,13,18)(H,16,17). The molecule has 0 heterocycles. The van der Waals surface area contributed by atoms with E-state index in [9.17, 15) is 9.59 Å². The molecular weight excluding hydrogens is 252 g/mol. The van der Waals surface area contributed by atoms with Crippen molar-refractivity contribution in [2.75, 3.05) is 26.8 Å². The third-order valence-electron chi connectivity index (χ3n) is 3.37. The minimum Gasteiger partial charge on any atom is -0.479 e. The van der Waals surface area contributed by atoms with Gasteiger partial charge in [-0.05, 0) is 12.8 Å². The van der Waals surface area contributed by atoms with Crippen molar-refractivity contribution in [1.82, 2.24) is 10.2 Å². The number of rotatable bonds is 7. The number of carboxylic acids is 1. The normalized spacial score (nSPS) is 17.2. The Kier molecular flexibility index (Phi) is 6.58. The molecule has 0 saturated heterocycles. The predicted molar refractivity (Wildman–Crippen MR) is 67.9 cm³/mol. The summed E-state index contributed by atoms with van der Waals surface area (Å²) in [5.41, 5.74) is 0. The fourth-order valence-corrected chi connectivity index (χ4v) is 2.33. The number of aliphatic carboxylic acids is 1. The van der Waals surface area contributed by atoms with Gasteiger partial charge in [0.2, 0.25) is 0 Å². The summed E-state index contributed by atoms with van der Waals surface area (Å²) in [6.07, 6.45) is 2.97. The molecule has 0 radical (unpaired) electrons. The van der Waals surface area contributed by atoms with Crippen LogP contribution in [0.25, 0.3) is 0 Å². The zero-order chi connectivity index (χ0) is 14.3. The van der Waals surface area contributed by atoms with Crippen LogP contribution in [0.1, 0.15) is 25.7 Å². The molecule has 1 aliphatic rings. The number of aliphatic hydroxyl groups is 1. The van der Waals surface area contributed by atoms with Gasteiger partial charge in [0.1, 0.15) is 0 Å². The van der Waals surface area contributed by atoms with Crippen LogP contribution in [-0.4, -0.2) is 66.1 Å². The Labute approximate surface area is 112 Å². The number of carbonyl (C=O) groups is 2. The van der Waals surface area contributed by atoms with Crippen LogP contribution in [0.15, 0.2) is 0 Å². The summed E-state index contributed by atoms with van der Waals surface area (Å²) in [5, 5.41) is 20.4. The first-order valence-corrected chi connectivity index (χ1v) is 6.51. The van der Waals surface area contributed by atoms with Gasteiger partial charge in [0.05, 0.1) is 13.2 Å². The summed E-state index contributed by atoms with van der Waals surface area (Å²) in [6.45, 7) is 0.0804. The number of carboxylic acid groups (broad SMARTS) is 1. The molecule has 1 saturated carbocycles. The van der Waals surface area contributed by atoms with Gasteiger partial charge >= 0.3 is 12.0 Å². The molecule has 1 rings (SSSR count). The number of nitrogens with one attached hydrogen (secondary N) is 1. The molecule has 7 heteroatoms. The summed E-state index contributed by atoms with van der Waals surface area (Å²) in [5.74, 6) is -1.11. The smallest absolute Gasteiger partial charge is 0.334 e. The first kappa shape index (κ1) is 15.7. The molecule has 1 unspecified atom stereocenters. The third-order valence-corrected chi connectivity index (χ3v) is 3.37. The lowest BCUT2D eigenvalue weighted by atomic mass is 10.2. The second-order valence-corrected chi connectivity index (χ2v) is 4.60. The number of nitrogens with zero attached hydrogens (tertiary/aromatic N) is 1. The van der Waals surface area contributed by atoms with E-state index in [4.69, 9.17) is 14.9 Å². The largest absolute Gasteiger partial charge is 0.479 e. The summed E-state index contributed by atoms with van der Waals surface area (Å²) in [6, 6.07) is -0.206. The van der Waals surface area contributed by atoms with Crippen molar-refractivity contribution in [1.29, 1.82) is 0 Å². The minimum atomic E-state index is -1.11. The Morgan fingerprint density at radius 2 is 2.05 bits per heavy atom. The number of amides is 2. The molecule has 7 nitrogen and oxygen atoms in total. The van der Waals surface area contributed by atoms with Gasteiger partial charge in [0.25, 0.3) is 0 Å². The highest BCUT2D eigenvalue weighted by Crippen LogP contribution is 2.23. The predicted octanol–water partition coefficient (Wildman–Crippen LogP) is 0.0325. The van der Waals surface area contributed by atoms with Crippen molar-refractivity contribution in [3.63, 3.8) is 0 Å². The fourth-order valence-electron chi connectivity index (χ4n) is 2.33. The molecule has 1 aliphatic carbocycles. The lowest BCUT2D eigenvalue weighted by Crippen LogP contribution is -2.49. The lowest BCUT2D eigenvalue weighted by molar-refractivity contribution is -0.148. The molecule has 0 aromatic heterocycles. The van der Waals surface area contributed by atoms with Gasteiger partial charge in [0.15, 0.2) is 6.10 Å². The molecule has 0 bridgehead atoms. The van der Waals surface area contributed by atoms with Gasteiger partial charge in [-0.1, -0.05) is 12.8 Å². The topological polar surface area (TPSA) is 99.1 Å². The highest BCUT2D eigenvalue weighted by Gasteiger charge is 2.27. The van der Waals surface area contributed by atoms with Gasteiger partial charge in [0, 0.05) is 19.7 Å². The fraction of sp³-hybridized carbons (Fsp3) is 0.833. The quantitative estimate of drug-likeness (QED) is 0.608. The van der Waals surface area contributed by atoms with Crippen LogP contribution in [0.5, 0.6) is 0 Å². The number of ether oxygens (including phenoxy) is 1. The van der Waals surface area contributed by atoms with Crippen LogP contribution in [-0.2, 0) is 9.53 Å². The van der Waals surface area contributed by atoms with Crippen LogP contribution in [0.3, 0.4) is 0 Å². The van der Waals surface area contributed by atoms with Crippen molar-refractivity contribution in [2.45, 2.75) is 37.8 Å². The van der Waals surface area contributed by atoms with Gasteiger partial charge < -0.3 is 25.2 Å². The van der Waals surface area contributed by atoms with E-state index in [1.807, 2.05) is 0 Å². The van der Waals surface area contributed by atoms with E-state index in [0.29, 0.717) is 0 Å². The van der Waals surface area contributed by atoms with Crippen molar-refractivity contribution < 1.29 is 24.5 Å². The Morgan fingerprint density at radius 3 is 2.53 bits per heavy atom. The van der Waals surface area contributed by atoms with E-state index in [-0.39, 0.29) is 31.8 Å². The second-order valence-electron chi connectivity index (χ2n) is 4.60. The highest BCUT2D eigenvalue weighted by molar-refractivity contribution is 5.77. The Hall–Kier alpha value is -1.34. The average molecular weight is 274 g/mol. The molecule has 2 amide bonds. The summed E-state index contributed by atoms with van der Waals surface area (Å²) in [4.78, 5) is 24.4. The van der Waals surface area contributed by atoms with Crippen molar-refractivity contribution in [2.24, 2.45) is 0 Å². The monoisotopic (exact) mass is 274 g/mol. The van der Waals surface area contributed by atoms with E-state index >= 15 is 0 Å². The van der Waals surface area contributed by atoms with E-state index in [1.54, 1.807) is 4.90 Å². The number of hydrogen-bond donors (Lipinski definition) is 3. The Morgan fingerprint density at radius 1 is 1.42 bits per heavy atom. The van der Waals surface area contributed by atoms with Crippen LogP contribution in [0.2, 0.25) is 0 Å². The van der Waals surface area contributed by atoms with Gasteiger partial charge in [-0.2, -0.15) is 0 Å². The first-order valence-electron chi connectivity index (χ1n) is 6.51. The first-order chi connectivity index (χ1) is 9.10. The zero-order valence-electron chi connectivity index (χ0n) is 11.2. The van der Waals surface area contributed by atoms with E-state index in [1.165, 1.54) is 7.11 Å². The number of aliphatic hydroxyl groups excluding tert-OH is 1. The Balaban J connectivity index is 2.49. The molecule has 110 valence electrons. The summed E-state index contributed by atoms with van der Waals surface area (Å²) >= 11 is 0. The number of methoxy groups -OCH3 is 1. The number of carbonyl (C=O) groups excluding carboxylic acids is 1. The summed E-state index contributed by atoms with van der Waals surface area (Å²) in [7, 11) is 1.29. The van der Waals surface area contributed by atoms with Gasteiger partial charge in [-0.3, -0.25) is 0 Å². The number of hydrogen-bond acceptors (Lipinski definition) is 4. The summed E-state index contributed by atoms with van der Waals surface area (Å²) < 4.78 is 4.75. The average Bonchev–Trinajstić information content (AvgIpc) is 2.89. The van der Waals surface area contributed by atoms with E-state index < -0.39 is 12.1 Å². The molecular formula is C12H22N2O5. The van der Waals surface area contributed by atoms with Gasteiger partial charge in [-0.15, -0.1) is 0 Å². The molecule has 0 aromatic carbocycles. The van der Waals surface area contributed by atoms with Crippen molar-refractivity contribution >= 4 is 12.0 Å². The second kappa shape index (κ2) is 7.96. The third kappa shape index (κ3) is 4.68. The molecule has 0 aromatic rings. The zero-order valence-corrected chi connectivity index (χ0v) is 11.2. The molecule has 1 fully saturated rings. The number of urea groups is 1. The van der Waals surface area contributed by atoms with Crippen LogP contribution >= 0.6 is 0 Å². The molecule has 19 heavy (non-hydrogen) atoms. The van der Waals surface area contributed by atoms with E-state index in [2.05, 4.69) is 5.32 Å². The molecule has 0 spiro atoms. The molecule has 0 aliphatic heterocycles. The highest BCUT2D eigenvalue weighted by atomic mass is 16.5. The maximum atomic E-state index is 12.0. The van der Waals surface area contributed by atoms with E-state index in [0.717, 1.165) is 25.7 Å². The molecule has 3 N–H and O–H groups in total. The SMILES string of the molecule is COC(CNC(=O)N(CCO)C1CCCC1)C(=O)O. The van der Waals surface area contributed by atoms with Crippen LogP contribution in [0, 0.1) is 0 Å². The van der Waals surface area contributed by atoms with Crippen molar-refractivity contribution in [3.05, 3.63) is 0 Å². The maximum Gasteiger partial charge on any atom is 0.334 e. The van der Waals surface area contributed by atoms with Gasteiger partial charge in [-0.25, -0.2) is 9.59 Å². The lowest BCUT2D eigenvalue weighted by Gasteiger charge is -2.28. The Bertz CT molecular complexity index is 304. The maximum absolute atomic E-state index is 12.0. The van der Waals surface area contributed by atoms with Crippen LogP contribution < -0.4 is 5.32 Å². The van der Waals surface area contributed by atoms with Crippen molar-refractivity contribution in [3.8, 4) is 0 Å². The van der Waals surface area contributed by atoms with Crippen LogP contribution in [0.4, 0.5) is 4.79 Å². The minimum absolute atomic E-state index is 0.0840.